The molecule has 0 saturated carbocycles. The number of nitrogens with zero attached hydrogens (tertiary/aromatic N) is 1. The highest BCUT2D eigenvalue weighted by molar-refractivity contribution is 6.34. The van der Waals surface area contributed by atoms with Gasteiger partial charge in [0.2, 0.25) is 11.8 Å². The molecule has 2 aromatic rings. The topological polar surface area (TPSA) is 62.6 Å². The number of para-hydroxylation sites is 1. The zero-order valence-electron chi connectivity index (χ0n) is 12.5. The molecule has 1 unspecified atom stereocenters. The summed E-state index contributed by atoms with van der Waals surface area (Å²) >= 11 is 6.14. The molecule has 120 valence electrons. The maximum Gasteiger partial charge on any atom is 0.249 e. The van der Waals surface area contributed by atoms with Crippen molar-refractivity contribution in [2.45, 2.75) is 25.3 Å². The van der Waals surface area contributed by atoms with Crippen molar-refractivity contribution in [1.29, 1.82) is 0 Å². The third-order valence-electron chi connectivity index (χ3n) is 3.86. The largest absolute Gasteiger partial charge is 0.469 e. The minimum atomic E-state index is -0.490. The van der Waals surface area contributed by atoms with E-state index in [0.29, 0.717) is 36.5 Å². The zero-order valence-corrected chi connectivity index (χ0v) is 13.3. The van der Waals surface area contributed by atoms with Crippen molar-refractivity contribution in [3.8, 4) is 0 Å². The second-order valence-corrected chi connectivity index (χ2v) is 5.84. The van der Waals surface area contributed by atoms with Crippen molar-refractivity contribution in [1.82, 2.24) is 5.32 Å². The maximum atomic E-state index is 12.5. The standard InChI is InChI=1S/C17H17ClN2O3/c18-13-5-1-2-6-15(13)20-10-9-14(17(20)22)19-16(21)8-7-12-4-3-11-23-12/h1-6,11,14H,7-10H2,(H,19,21). The van der Waals surface area contributed by atoms with Crippen LogP contribution in [0.1, 0.15) is 18.6 Å². The normalized spacial score (nSPS) is 17.5. The van der Waals surface area contributed by atoms with Gasteiger partial charge in [0.05, 0.1) is 17.0 Å². The fraction of sp³-hybridized carbons (Fsp3) is 0.294. The number of furan rings is 1. The number of hydrogen-bond acceptors (Lipinski definition) is 3. The Labute approximate surface area is 139 Å². The third-order valence-corrected chi connectivity index (χ3v) is 4.18. The summed E-state index contributed by atoms with van der Waals surface area (Å²) < 4.78 is 5.19. The van der Waals surface area contributed by atoms with Crippen molar-refractivity contribution >= 4 is 29.1 Å². The van der Waals surface area contributed by atoms with Gasteiger partial charge in [-0.2, -0.15) is 0 Å². The minimum Gasteiger partial charge on any atom is -0.469 e. The first-order valence-corrected chi connectivity index (χ1v) is 7.90. The van der Waals surface area contributed by atoms with E-state index in [0.717, 1.165) is 5.76 Å². The van der Waals surface area contributed by atoms with Gasteiger partial charge in [-0.25, -0.2) is 0 Å². The van der Waals surface area contributed by atoms with E-state index in [1.54, 1.807) is 29.4 Å². The molecular weight excluding hydrogens is 316 g/mol. The summed E-state index contributed by atoms with van der Waals surface area (Å²) in [6, 6.07) is 10.3. The Balaban J connectivity index is 1.57. The fourth-order valence-electron chi connectivity index (χ4n) is 2.68. The van der Waals surface area contributed by atoms with Gasteiger partial charge in [0.15, 0.2) is 0 Å². The molecule has 0 spiro atoms. The summed E-state index contributed by atoms with van der Waals surface area (Å²) in [6.45, 7) is 0.547. The summed E-state index contributed by atoms with van der Waals surface area (Å²) in [5.41, 5.74) is 0.687. The first-order valence-electron chi connectivity index (χ1n) is 7.53. The molecule has 1 fully saturated rings. The van der Waals surface area contributed by atoms with Gasteiger partial charge in [0.1, 0.15) is 11.8 Å². The van der Waals surface area contributed by atoms with Crippen LogP contribution >= 0.6 is 11.6 Å². The number of benzene rings is 1. The summed E-state index contributed by atoms with van der Waals surface area (Å²) in [5, 5.41) is 3.33. The van der Waals surface area contributed by atoms with Crippen LogP contribution in [-0.2, 0) is 16.0 Å². The minimum absolute atomic E-state index is 0.121. The molecule has 23 heavy (non-hydrogen) atoms. The Morgan fingerprint density at radius 1 is 1.30 bits per heavy atom. The summed E-state index contributed by atoms with van der Waals surface area (Å²) in [5.74, 6) is 0.487. The van der Waals surface area contributed by atoms with Gasteiger partial charge < -0.3 is 14.6 Å². The fourth-order valence-corrected chi connectivity index (χ4v) is 2.92. The Morgan fingerprint density at radius 2 is 2.13 bits per heavy atom. The first-order chi connectivity index (χ1) is 11.1. The van der Waals surface area contributed by atoms with Gasteiger partial charge in [0, 0.05) is 19.4 Å². The Bertz CT molecular complexity index is 700. The molecule has 1 aliphatic heterocycles. The number of carbonyl (C=O) groups excluding carboxylic acids is 2. The number of halogens is 1. The van der Waals surface area contributed by atoms with E-state index >= 15 is 0 Å². The van der Waals surface area contributed by atoms with Crippen LogP contribution in [0.25, 0.3) is 0 Å². The van der Waals surface area contributed by atoms with E-state index in [-0.39, 0.29) is 11.8 Å². The molecule has 5 nitrogen and oxygen atoms in total. The second kappa shape index (κ2) is 6.87. The van der Waals surface area contributed by atoms with Crippen LogP contribution in [0.5, 0.6) is 0 Å². The first kappa shape index (κ1) is 15.6. The lowest BCUT2D eigenvalue weighted by Crippen LogP contribution is -2.41. The second-order valence-electron chi connectivity index (χ2n) is 5.43. The van der Waals surface area contributed by atoms with E-state index in [1.807, 2.05) is 18.2 Å². The van der Waals surface area contributed by atoms with Crippen LogP contribution in [0.3, 0.4) is 0 Å². The van der Waals surface area contributed by atoms with Gasteiger partial charge in [0.25, 0.3) is 0 Å². The van der Waals surface area contributed by atoms with E-state index < -0.39 is 6.04 Å². The average molecular weight is 333 g/mol. The molecule has 1 aromatic carbocycles. The predicted octanol–water partition coefficient (Wildman–Crippen LogP) is 2.79. The van der Waals surface area contributed by atoms with Gasteiger partial charge in [-0.1, -0.05) is 23.7 Å². The zero-order chi connectivity index (χ0) is 16.2. The molecule has 1 saturated heterocycles. The van der Waals surface area contributed by atoms with Crippen molar-refractivity contribution < 1.29 is 14.0 Å². The van der Waals surface area contributed by atoms with Gasteiger partial charge in [-0.05, 0) is 30.7 Å². The van der Waals surface area contributed by atoms with Crippen LogP contribution in [0.4, 0.5) is 5.69 Å². The van der Waals surface area contributed by atoms with Crippen molar-refractivity contribution in [3.63, 3.8) is 0 Å². The monoisotopic (exact) mass is 332 g/mol. The molecule has 1 N–H and O–H groups in total. The van der Waals surface area contributed by atoms with Crippen LogP contribution in [-0.4, -0.2) is 24.4 Å². The third kappa shape index (κ3) is 3.56. The highest BCUT2D eigenvalue weighted by Crippen LogP contribution is 2.28. The summed E-state index contributed by atoms with van der Waals surface area (Å²) in [4.78, 5) is 26.1. The van der Waals surface area contributed by atoms with E-state index in [2.05, 4.69) is 5.32 Å². The number of amides is 2. The van der Waals surface area contributed by atoms with Gasteiger partial charge >= 0.3 is 0 Å². The lowest BCUT2D eigenvalue weighted by Gasteiger charge is -2.18. The molecule has 2 heterocycles. The van der Waals surface area contributed by atoms with Crippen molar-refractivity contribution in [2.75, 3.05) is 11.4 Å². The van der Waals surface area contributed by atoms with E-state index in [9.17, 15) is 9.59 Å². The Morgan fingerprint density at radius 3 is 2.87 bits per heavy atom. The van der Waals surface area contributed by atoms with Gasteiger partial charge in [-0.15, -0.1) is 0 Å². The molecule has 1 aromatic heterocycles. The Kier molecular flexibility index (Phi) is 4.67. The number of aryl methyl sites for hydroxylation is 1. The number of anilines is 1. The highest BCUT2D eigenvalue weighted by Gasteiger charge is 2.34. The average Bonchev–Trinajstić information content (AvgIpc) is 3.17. The quantitative estimate of drug-likeness (QED) is 0.915. The maximum absolute atomic E-state index is 12.5. The van der Waals surface area contributed by atoms with Crippen LogP contribution in [0, 0.1) is 0 Å². The van der Waals surface area contributed by atoms with E-state index in [1.165, 1.54) is 0 Å². The van der Waals surface area contributed by atoms with Crippen molar-refractivity contribution in [2.24, 2.45) is 0 Å². The van der Waals surface area contributed by atoms with Crippen LogP contribution < -0.4 is 10.2 Å². The molecular formula is C17H17ClN2O3. The molecule has 3 rings (SSSR count). The van der Waals surface area contributed by atoms with Crippen molar-refractivity contribution in [3.05, 3.63) is 53.4 Å². The van der Waals surface area contributed by atoms with E-state index in [4.69, 9.17) is 16.0 Å². The predicted molar refractivity (Wildman–Crippen MR) is 87.4 cm³/mol. The number of carbonyl (C=O) groups is 2. The van der Waals surface area contributed by atoms with Crippen LogP contribution in [0.2, 0.25) is 5.02 Å². The summed E-state index contributed by atoms with van der Waals surface area (Å²) in [6.07, 6.45) is 2.98. The van der Waals surface area contributed by atoms with Crippen LogP contribution in [0.15, 0.2) is 47.1 Å². The number of hydrogen-bond donors (Lipinski definition) is 1. The van der Waals surface area contributed by atoms with Gasteiger partial charge in [-0.3, -0.25) is 9.59 Å². The number of rotatable bonds is 5. The number of nitrogens with one attached hydrogen (secondary N) is 1. The molecule has 1 atom stereocenters. The molecule has 6 heteroatoms. The molecule has 0 aliphatic carbocycles. The molecule has 0 bridgehead atoms. The Hall–Kier alpha value is -2.27. The molecule has 2 amide bonds. The SMILES string of the molecule is O=C(CCc1ccco1)NC1CCN(c2ccccc2Cl)C1=O. The highest BCUT2D eigenvalue weighted by atomic mass is 35.5. The smallest absolute Gasteiger partial charge is 0.249 e. The molecule has 1 aliphatic rings. The summed E-state index contributed by atoms with van der Waals surface area (Å²) in [7, 11) is 0. The lowest BCUT2D eigenvalue weighted by molar-refractivity contribution is -0.126. The lowest BCUT2D eigenvalue weighted by atomic mass is 10.2. The molecule has 0 radical (unpaired) electrons.